The summed E-state index contributed by atoms with van der Waals surface area (Å²) in [5, 5.41) is 2.86. The summed E-state index contributed by atoms with van der Waals surface area (Å²) in [6, 6.07) is 13.1. The fourth-order valence-corrected chi connectivity index (χ4v) is 2.57. The van der Waals surface area contributed by atoms with E-state index in [4.69, 9.17) is 14.2 Å². The van der Waals surface area contributed by atoms with Crippen molar-refractivity contribution in [1.29, 1.82) is 0 Å². The highest BCUT2D eigenvalue weighted by Crippen LogP contribution is 2.30. The molecule has 0 heterocycles. The molecule has 6 heteroatoms. The van der Waals surface area contributed by atoms with Crippen LogP contribution in [0.15, 0.2) is 46.9 Å². The van der Waals surface area contributed by atoms with Crippen molar-refractivity contribution < 1.29 is 19.0 Å². The van der Waals surface area contributed by atoms with E-state index in [9.17, 15) is 4.79 Å². The van der Waals surface area contributed by atoms with E-state index in [0.29, 0.717) is 24.7 Å². The number of halogens is 1. The second-order valence-electron chi connectivity index (χ2n) is 4.99. The minimum absolute atomic E-state index is 0.0881. The van der Waals surface area contributed by atoms with Gasteiger partial charge in [0.25, 0.3) is 0 Å². The maximum atomic E-state index is 12.0. The Kier molecular flexibility index (Phi) is 6.93. The van der Waals surface area contributed by atoms with E-state index in [2.05, 4.69) is 21.2 Å². The van der Waals surface area contributed by atoms with Crippen LogP contribution in [0, 0.1) is 0 Å². The average molecular weight is 394 g/mol. The van der Waals surface area contributed by atoms with Crippen molar-refractivity contribution in [2.24, 2.45) is 0 Å². The summed E-state index contributed by atoms with van der Waals surface area (Å²) in [5.41, 5.74) is 0.859. The van der Waals surface area contributed by atoms with Crippen molar-refractivity contribution in [2.75, 3.05) is 20.8 Å². The molecule has 24 heavy (non-hydrogen) atoms. The fraction of sp³-hybridized carbons (Fsp3) is 0.278. The van der Waals surface area contributed by atoms with E-state index in [1.165, 1.54) is 0 Å². The number of rotatable bonds is 8. The van der Waals surface area contributed by atoms with Gasteiger partial charge in [0.1, 0.15) is 5.75 Å². The third-order valence-electron chi connectivity index (χ3n) is 3.35. The number of hydrogen-bond acceptors (Lipinski definition) is 4. The third kappa shape index (κ3) is 5.16. The maximum absolute atomic E-state index is 12.0. The second-order valence-corrected chi connectivity index (χ2v) is 5.90. The molecule has 2 aromatic carbocycles. The Labute approximate surface area is 150 Å². The zero-order valence-corrected chi connectivity index (χ0v) is 15.3. The molecule has 0 spiro atoms. The molecule has 1 amide bonds. The van der Waals surface area contributed by atoms with Gasteiger partial charge in [-0.15, -0.1) is 0 Å². The number of methoxy groups -OCH3 is 2. The van der Waals surface area contributed by atoms with Gasteiger partial charge in [-0.2, -0.15) is 0 Å². The normalized spacial score (nSPS) is 10.1. The average Bonchev–Trinajstić information content (AvgIpc) is 2.59. The van der Waals surface area contributed by atoms with Gasteiger partial charge in [-0.3, -0.25) is 4.79 Å². The van der Waals surface area contributed by atoms with Crippen LogP contribution in [0.2, 0.25) is 0 Å². The minimum atomic E-state index is -0.0881. The molecule has 2 aromatic rings. The van der Waals surface area contributed by atoms with Crippen molar-refractivity contribution in [3.05, 3.63) is 52.5 Å². The summed E-state index contributed by atoms with van der Waals surface area (Å²) in [4.78, 5) is 12.0. The number of amides is 1. The molecule has 0 aliphatic heterocycles. The lowest BCUT2D eigenvalue weighted by Gasteiger charge is -2.13. The predicted molar refractivity (Wildman–Crippen MR) is 95.6 cm³/mol. The fourth-order valence-electron chi connectivity index (χ4n) is 2.19. The Morgan fingerprint density at radius 2 is 1.92 bits per heavy atom. The summed E-state index contributed by atoms with van der Waals surface area (Å²) >= 11 is 3.38. The molecular formula is C18H20BrNO4. The molecule has 0 saturated carbocycles. The van der Waals surface area contributed by atoms with Crippen LogP contribution in [0.3, 0.4) is 0 Å². The van der Waals surface area contributed by atoms with Gasteiger partial charge < -0.3 is 19.5 Å². The van der Waals surface area contributed by atoms with Gasteiger partial charge in [0.15, 0.2) is 11.5 Å². The van der Waals surface area contributed by atoms with Crippen LogP contribution in [0.4, 0.5) is 0 Å². The number of ether oxygens (including phenoxy) is 3. The topological polar surface area (TPSA) is 56.8 Å². The molecule has 0 saturated heterocycles. The molecular weight excluding hydrogens is 374 g/mol. The molecule has 2 rings (SSSR count). The van der Waals surface area contributed by atoms with Crippen molar-refractivity contribution in [1.82, 2.24) is 5.32 Å². The zero-order valence-electron chi connectivity index (χ0n) is 13.7. The quantitative estimate of drug-likeness (QED) is 0.744. The minimum Gasteiger partial charge on any atom is -0.493 e. The molecule has 0 bridgehead atoms. The number of hydrogen-bond donors (Lipinski definition) is 1. The first kappa shape index (κ1) is 18.1. The van der Waals surface area contributed by atoms with Gasteiger partial charge in [0.05, 0.1) is 27.2 Å². The van der Waals surface area contributed by atoms with Crippen molar-refractivity contribution in [3.8, 4) is 17.2 Å². The van der Waals surface area contributed by atoms with Crippen LogP contribution in [0.1, 0.15) is 12.0 Å². The Bertz CT molecular complexity index is 690. The summed E-state index contributed by atoms with van der Waals surface area (Å²) < 4.78 is 17.1. The Balaban J connectivity index is 1.81. The van der Waals surface area contributed by atoms with Gasteiger partial charge in [-0.1, -0.05) is 34.1 Å². The molecule has 0 radical (unpaired) electrons. The SMILES string of the molecule is COc1cccc(CNC(=O)CCOc2cccc(Br)c2)c1OC. The molecule has 0 aliphatic rings. The van der Waals surface area contributed by atoms with Gasteiger partial charge in [0.2, 0.25) is 5.91 Å². The molecule has 0 fully saturated rings. The van der Waals surface area contributed by atoms with Gasteiger partial charge in [-0.05, 0) is 24.3 Å². The summed E-state index contributed by atoms with van der Waals surface area (Å²) in [6.07, 6.45) is 0.277. The van der Waals surface area contributed by atoms with Crippen LogP contribution in [-0.2, 0) is 11.3 Å². The molecule has 1 N–H and O–H groups in total. The van der Waals surface area contributed by atoms with Crippen molar-refractivity contribution in [2.45, 2.75) is 13.0 Å². The number of benzene rings is 2. The lowest BCUT2D eigenvalue weighted by atomic mass is 10.2. The van der Waals surface area contributed by atoms with E-state index in [1.54, 1.807) is 14.2 Å². The molecule has 0 unspecified atom stereocenters. The second kappa shape index (κ2) is 9.17. The highest BCUT2D eigenvalue weighted by atomic mass is 79.9. The van der Waals surface area contributed by atoms with Gasteiger partial charge >= 0.3 is 0 Å². The highest BCUT2D eigenvalue weighted by Gasteiger charge is 2.10. The van der Waals surface area contributed by atoms with Crippen molar-refractivity contribution in [3.63, 3.8) is 0 Å². The Morgan fingerprint density at radius 1 is 1.12 bits per heavy atom. The molecule has 0 aromatic heterocycles. The van der Waals surface area contributed by atoms with E-state index >= 15 is 0 Å². The number of carbonyl (C=O) groups is 1. The highest BCUT2D eigenvalue weighted by molar-refractivity contribution is 9.10. The Morgan fingerprint density at radius 3 is 2.62 bits per heavy atom. The van der Waals surface area contributed by atoms with E-state index in [0.717, 1.165) is 15.8 Å². The van der Waals surface area contributed by atoms with Gasteiger partial charge in [-0.25, -0.2) is 0 Å². The third-order valence-corrected chi connectivity index (χ3v) is 3.85. The van der Waals surface area contributed by atoms with Crippen LogP contribution >= 0.6 is 15.9 Å². The number of nitrogens with one attached hydrogen (secondary N) is 1. The van der Waals surface area contributed by atoms with E-state index in [1.807, 2.05) is 42.5 Å². The van der Waals surface area contributed by atoms with Gasteiger partial charge in [0, 0.05) is 16.6 Å². The lowest BCUT2D eigenvalue weighted by Crippen LogP contribution is -2.24. The molecule has 0 atom stereocenters. The first-order valence-corrected chi connectivity index (χ1v) is 8.28. The Hall–Kier alpha value is -2.21. The standard InChI is InChI=1S/C18H20BrNO4/c1-22-16-8-3-5-13(18(16)23-2)12-20-17(21)9-10-24-15-7-4-6-14(19)11-15/h3-8,11H,9-10,12H2,1-2H3,(H,20,21). The van der Waals surface area contributed by atoms with Crippen LogP contribution in [0.25, 0.3) is 0 Å². The van der Waals surface area contributed by atoms with Crippen molar-refractivity contribution >= 4 is 21.8 Å². The molecule has 5 nitrogen and oxygen atoms in total. The van der Waals surface area contributed by atoms with E-state index < -0.39 is 0 Å². The first-order chi connectivity index (χ1) is 11.6. The smallest absolute Gasteiger partial charge is 0.223 e. The summed E-state index contributed by atoms with van der Waals surface area (Å²) in [5.74, 6) is 1.91. The van der Waals surface area contributed by atoms with Crippen LogP contribution in [0.5, 0.6) is 17.2 Å². The number of carbonyl (C=O) groups excluding carboxylic acids is 1. The molecule has 0 aliphatic carbocycles. The van der Waals surface area contributed by atoms with Crippen LogP contribution in [-0.4, -0.2) is 26.7 Å². The number of para-hydroxylation sites is 1. The lowest BCUT2D eigenvalue weighted by molar-refractivity contribution is -0.121. The monoisotopic (exact) mass is 393 g/mol. The summed E-state index contributed by atoms with van der Waals surface area (Å²) in [6.45, 7) is 0.688. The molecule has 128 valence electrons. The largest absolute Gasteiger partial charge is 0.493 e. The summed E-state index contributed by atoms with van der Waals surface area (Å²) in [7, 11) is 3.16. The zero-order chi connectivity index (χ0) is 17.4. The van der Waals surface area contributed by atoms with E-state index in [-0.39, 0.29) is 12.3 Å². The van der Waals surface area contributed by atoms with Crippen LogP contribution < -0.4 is 19.5 Å². The maximum Gasteiger partial charge on any atom is 0.223 e. The first-order valence-electron chi connectivity index (χ1n) is 7.49. The predicted octanol–water partition coefficient (Wildman–Crippen LogP) is 3.55.